The van der Waals surface area contributed by atoms with Crippen molar-refractivity contribution in [3.63, 3.8) is 0 Å². The number of hydrogen-bond donors (Lipinski definition) is 1. The zero-order valence-electron chi connectivity index (χ0n) is 11.0. The highest BCUT2D eigenvalue weighted by Gasteiger charge is 2.05. The molecule has 0 aliphatic heterocycles. The van der Waals surface area contributed by atoms with Crippen molar-refractivity contribution in [1.82, 2.24) is 0 Å². The van der Waals surface area contributed by atoms with Gasteiger partial charge in [0.1, 0.15) is 0 Å². The standard InChI is InChI=1S/C16H18FNO/c1-12-5-2-9-15(16(12)17)19-10-4-7-13-6-3-8-14(18)11-13/h2-3,5-6,8-9,11H,4,7,10,18H2,1H3. The molecule has 0 aliphatic rings. The van der Waals surface area contributed by atoms with Gasteiger partial charge in [0.05, 0.1) is 6.61 Å². The topological polar surface area (TPSA) is 35.2 Å². The summed E-state index contributed by atoms with van der Waals surface area (Å²) in [5, 5.41) is 0. The molecule has 0 unspecified atom stereocenters. The van der Waals surface area contributed by atoms with Gasteiger partial charge in [0.2, 0.25) is 0 Å². The van der Waals surface area contributed by atoms with E-state index in [1.807, 2.05) is 24.3 Å². The summed E-state index contributed by atoms with van der Waals surface area (Å²) in [5.74, 6) is 0.0547. The second-order valence-corrected chi connectivity index (χ2v) is 4.58. The molecule has 100 valence electrons. The van der Waals surface area contributed by atoms with Gasteiger partial charge in [0.25, 0.3) is 0 Å². The summed E-state index contributed by atoms with van der Waals surface area (Å²) in [5.41, 5.74) is 8.26. The Morgan fingerprint density at radius 3 is 2.74 bits per heavy atom. The summed E-state index contributed by atoms with van der Waals surface area (Å²) in [7, 11) is 0. The van der Waals surface area contributed by atoms with Crippen molar-refractivity contribution in [1.29, 1.82) is 0 Å². The maximum absolute atomic E-state index is 13.7. The van der Waals surface area contributed by atoms with Crippen molar-refractivity contribution in [3.05, 3.63) is 59.4 Å². The number of rotatable bonds is 5. The molecule has 2 aromatic rings. The molecule has 0 amide bonds. The van der Waals surface area contributed by atoms with Gasteiger partial charge in [0.15, 0.2) is 11.6 Å². The van der Waals surface area contributed by atoms with Crippen LogP contribution in [0.2, 0.25) is 0 Å². The van der Waals surface area contributed by atoms with Gasteiger partial charge in [-0.05, 0) is 49.1 Å². The Balaban J connectivity index is 1.82. The minimum atomic E-state index is -0.272. The lowest BCUT2D eigenvalue weighted by Crippen LogP contribution is -2.02. The molecule has 2 nitrogen and oxygen atoms in total. The molecule has 0 aliphatic carbocycles. The average Bonchev–Trinajstić information content (AvgIpc) is 2.39. The van der Waals surface area contributed by atoms with Gasteiger partial charge in [-0.25, -0.2) is 4.39 Å². The molecule has 0 atom stereocenters. The quantitative estimate of drug-likeness (QED) is 0.656. The Bertz CT molecular complexity index is 554. The van der Waals surface area contributed by atoms with Crippen LogP contribution >= 0.6 is 0 Å². The monoisotopic (exact) mass is 259 g/mol. The van der Waals surface area contributed by atoms with Crippen LogP contribution in [0.3, 0.4) is 0 Å². The molecule has 0 saturated heterocycles. The third kappa shape index (κ3) is 3.71. The fraction of sp³-hybridized carbons (Fsp3) is 0.250. The van der Waals surface area contributed by atoms with E-state index < -0.39 is 0 Å². The van der Waals surface area contributed by atoms with Crippen molar-refractivity contribution in [2.45, 2.75) is 19.8 Å². The van der Waals surface area contributed by atoms with Crippen molar-refractivity contribution in [3.8, 4) is 5.75 Å². The molecule has 3 heteroatoms. The van der Waals surface area contributed by atoms with Gasteiger partial charge in [-0.2, -0.15) is 0 Å². The lowest BCUT2D eigenvalue weighted by atomic mass is 10.1. The van der Waals surface area contributed by atoms with E-state index >= 15 is 0 Å². The first-order chi connectivity index (χ1) is 9.16. The number of aryl methyl sites for hydroxylation is 2. The Kier molecular flexibility index (Phi) is 4.39. The van der Waals surface area contributed by atoms with E-state index in [4.69, 9.17) is 10.5 Å². The molecule has 0 aromatic heterocycles. The smallest absolute Gasteiger partial charge is 0.167 e. The molecule has 0 radical (unpaired) electrons. The van der Waals surface area contributed by atoms with E-state index in [9.17, 15) is 4.39 Å². The van der Waals surface area contributed by atoms with Gasteiger partial charge in [-0.3, -0.25) is 0 Å². The van der Waals surface area contributed by atoms with Crippen LogP contribution in [0.4, 0.5) is 10.1 Å². The number of ether oxygens (including phenoxy) is 1. The second-order valence-electron chi connectivity index (χ2n) is 4.58. The highest BCUT2D eigenvalue weighted by molar-refractivity contribution is 5.40. The lowest BCUT2D eigenvalue weighted by molar-refractivity contribution is 0.295. The molecule has 0 saturated carbocycles. The van der Waals surface area contributed by atoms with E-state index in [1.165, 1.54) is 5.56 Å². The minimum Gasteiger partial charge on any atom is -0.490 e. The van der Waals surface area contributed by atoms with Gasteiger partial charge in [-0.15, -0.1) is 0 Å². The third-order valence-electron chi connectivity index (χ3n) is 2.97. The minimum absolute atomic E-state index is 0.272. The average molecular weight is 259 g/mol. The first-order valence-electron chi connectivity index (χ1n) is 6.39. The number of hydrogen-bond acceptors (Lipinski definition) is 2. The number of nitrogens with two attached hydrogens (primary N) is 1. The maximum atomic E-state index is 13.7. The van der Waals surface area contributed by atoms with E-state index in [-0.39, 0.29) is 5.82 Å². The zero-order valence-corrected chi connectivity index (χ0v) is 11.0. The largest absolute Gasteiger partial charge is 0.490 e. The van der Waals surface area contributed by atoms with Crippen molar-refractivity contribution < 1.29 is 9.13 Å². The molecule has 0 fully saturated rings. The fourth-order valence-electron chi connectivity index (χ4n) is 1.94. The van der Waals surface area contributed by atoms with Crippen molar-refractivity contribution >= 4 is 5.69 Å². The number of halogens is 1. The van der Waals surface area contributed by atoms with Crippen LogP contribution in [0, 0.1) is 12.7 Å². The van der Waals surface area contributed by atoms with E-state index in [0.717, 1.165) is 18.5 Å². The molecule has 19 heavy (non-hydrogen) atoms. The highest BCUT2D eigenvalue weighted by Crippen LogP contribution is 2.20. The van der Waals surface area contributed by atoms with Crippen LogP contribution in [-0.2, 0) is 6.42 Å². The molecule has 2 rings (SSSR count). The van der Waals surface area contributed by atoms with Crippen LogP contribution in [0.5, 0.6) is 5.75 Å². The predicted molar refractivity (Wildman–Crippen MR) is 75.8 cm³/mol. The molecular weight excluding hydrogens is 241 g/mol. The molecular formula is C16H18FNO. The Morgan fingerprint density at radius 2 is 1.95 bits per heavy atom. The Morgan fingerprint density at radius 1 is 1.16 bits per heavy atom. The van der Waals surface area contributed by atoms with Crippen molar-refractivity contribution in [2.24, 2.45) is 0 Å². The number of anilines is 1. The fourth-order valence-corrected chi connectivity index (χ4v) is 1.94. The lowest BCUT2D eigenvalue weighted by Gasteiger charge is -2.08. The second kappa shape index (κ2) is 6.23. The molecule has 2 N–H and O–H groups in total. The van der Waals surface area contributed by atoms with Crippen molar-refractivity contribution in [2.75, 3.05) is 12.3 Å². The van der Waals surface area contributed by atoms with Crippen LogP contribution < -0.4 is 10.5 Å². The van der Waals surface area contributed by atoms with Gasteiger partial charge >= 0.3 is 0 Å². The normalized spacial score (nSPS) is 10.4. The third-order valence-corrected chi connectivity index (χ3v) is 2.97. The van der Waals surface area contributed by atoms with E-state index in [0.29, 0.717) is 17.9 Å². The summed E-state index contributed by atoms with van der Waals surface area (Å²) in [4.78, 5) is 0. The number of benzene rings is 2. The summed E-state index contributed by atoms with van der Waals surface area (Å²) in [6.07, 6.45) is 1.70. The number of nitrogen functional groups attached to an aromatic ring is 1. The predicted octanol–water partition coefficient (Wildman–Crippen LogP) is 3.73. The van der Waals surface area contributed by atoms with E-state index in [1.54, 1.807) is 25.1 Å². The molecule has 0 heterocycles. The Hall–Kier alpha value is -2.03. The maximum Gasteiger partial charge on any atom is 0.167 e. The Labute approximate surface area is 113 Å². The first-order valence-corrected chi connectivity index (χ1v) is 6.39. The molecule has 0 bridgehead atoms. The summed E-state index contributed by atoms with van der Waals surface area (Å²) in [6.45, 7) is 2.23. The van der Waals surface area contributed by atoms with Crippen LogP contribution in [-0.4, -0.2) is 6.61 Å². The van der Waals surface area contributed by atoms with Gasteiger partial charge < -0.3 is 10.5 Å². The molecule has 0 spiro atoms. The molecule has 2 aromatic carbocycles. The SMILES string of the molecule is Cc1cccc(OCCCc2cccc(N)c2)c1F. The summed E-state index contributed by atoms with van der Waals surface area (Å²) < 4.78 is 19.1. The van der Waals surface area contributed by atoms with Gasteiger partial charge in [0, 0.05) is 5.69 Å². The van der Waals surface area contributed by atoms with Crippen LogP contribution in [0.1, 0.15) is 17.5 Å². The zero-order chi connectivity index (χ0) is 13.7. The summed E-state index contributed by atoms with van der Waals surface area (Å²) >= 11 is 0. The van der Waals surface area contributed by atoms with Gasteiger partial charge in [-0.1, -0.05) is 24.3 Å². The van der Waals surface area contributed by atoms with Crippen LogP contribution in [0.25, 0.3) is 0 Å². The van der Waals surface area contributed by atoms with E-state index in [2.05, 4.69) is 0 Å². The first kappa shape index (κ1) is 13.4. The summed E-state index contributed by atoms with van der Waals surface area (Å²) in [6, 6.07) is 13.0. The highest BCUT2D eigenvalue weighted by atomic mass is 19.1. The van der Waals surface area contributed by atoms with Crippen LogP contribution in [0.15, 0.2) is 42.5 Å².